The SMILES string of the molecule is CC(C)c1ccccc1NC(=O)CN1CCc2ccccc2C1CO. The number of fused-ring (bicyclic) bond motifs is 1. The van der Waals surface area contributed by atoms with Crippen LogP contribution in [0.4, 0.5) is 5.69 Å². The van der Waals surface area contributed by atoms with Gasteiger partial charge in [0.05, 0.1) is 19.2 Å². The Hall–Kier alpha value is -2.17. The van der Waals surface area contributed by atoms with Crippen molar-refractivity contribution in [2.75, 3.05) is 25.0 Å². The van der Waals surface area contributed by atoms with Gasteiger partial charge in [-0.15, -0.1) is 0 Å². The molecule has 2 aromatic carbocycles. The van der Waals surface area contributed by atoms with Gasteiger partial charge in [0.15, 0.2) is 0 Å². The molecular formula is C21H26N2O2. The van der Waals surface area contributed by atoms with Crippen molar-refractivity contribution < 1.29 is 9.90 Å². The van der Waals surface area contributed by atoms with Crippen molar-refractivity contribution in [1.82, 2.24) is 4.90 Å². The molecule has 0 fully saturated rings. The maximum Gasteiger partial charge on any atom is 0.238 e. The zero-order valence-corrected chi connectivity index (χ0v) is 14.9. The molecular weight excluding hydrogens is 312 g/mol. The molecule has 1 unspecified atom stereocenters. The topological polar surface area (TPSA) is 52.6 Å². The molecule has 2 N–H and O–H groups in total. The molecule has 132 valence electrons. The number of hydrogen-bond donors (Lipinski definition) is 2. The summed E-state index contributed by atoms with van der Waals surface area (Å²) in [6, 6.07) is 16.0. The van der Waals surface area contributed by atoms with Gasteiger partial charge in [-0.3, -0.25) is 9.69 Å². The van der Waals surface area contributed by atoms with E-state index in [1.165, 1.54) is 5.56 Å². The molecule has 1 aliphatic heterocycles. The molecule has 2 aromatic rings. The standard InChI is InChI=1S/C21H26N2O2/c1-15(2)17-8-5-6-10-19(17)22-21(25)13-23-12-11-16-7-3-4-9-18(16)20(23)14-24/h3-10,15,20,24H,11-14H2,1-2H3,(H,22,25). The first-order valence-electron chi connectivity index (χ1n) is 8.91. The van der Waals surface area contributed by atoms with Gasteiger partial charge in [0.1, 0.15) is 0 Å². The third kappa shape index (κ3) is 3.91. The first kappa shape index (κ1) is 17.6. The number of benzene rings is 2. The summed E-state index contributed by atoms with van der Waals surface area (Å²) < 4.78 is 0. The molecule has 0 aliphatic carbocycles. The molecule has 0 saturated carbocycles. The van der Waals surface area contributed by atoms with Crippen molar-refractivity contribution in [3.05, 3.63) is 65.2 Å². The van der Waals surface area contributed by atoms with Crippen molar-refractivity contribution in [3.8, 4) is 0 Å². The first-order chi connectivity index (χ1) is 12.1. The summed E-state index contributed by atoms with van der Waals surface area (Å²) in [7, 11) is 0. The van der Waals surface area contributed by atoms with Crippen molar-refractivity contribution in [2.24, 2.45) is 0 Å². The number of nitrogens with zero attached hydrogens (tertiary/aromatic N) is 1. The van der Waals surface area contributed by atoms with Crippen molar-refractivity contribution in [3.63, 3.8) is 0 Å². The Morgan fingerprint density at radius 3 is 2.68 bits per heavy atom. The van der Waals surface area contributed by atoms with E-state index in [4.69, 9.17) is 0 Å². The molecule has 4 heteroatoms. The zero-order valence-electron chi connectivity index (χ0n) is 14.9. The number of carbonyl (C=O) groups excluding carboxylic acids is 1. The van der Waals surface area contributed by atoms with Crippen molar-refractivity contribution in [2.45, 2.75) is 32.2 Å². The number of amides is 1. The second kappa shape index (κ2) is 7.81. The number of rotatable bonds is 5. The molecule has 0 saturated heterocycles. The van der Waals surface area contributed by atoms with Gasteiger partial charge < -0.3 is 10.4 Å². The quantitative estimate of drug-likeness (QED) is 0.879. The Bertz CT molecular complexity index is 742. The molecule has 4 nitrogen and oxygen atoms in total. The van der Waals surface area contributed by atoms with E-state index in [2.05, 4.69) is 30.1 Å². The van der Waals surface area contributed by atoms with Gasteiger partial charge in [-0.25, -0.2) is 0 Å². The highest BCUT2D eigenvalue weighted by Crippen LogP contribution is 2.29. The fraction of sp³-hybridized carbons (Fsp3) is 0.381. The minimum atomic E-state index is -0.115. The van der Waals surface area contributed by atoms with E-state index < -0.39 is 0 Å². The first-order valence-corrected chi connectivity index (χ1v) is 8.91. The van der Waals surface area contributed by atoms with E-state index >= 15 is 0 Å². The smallest absolute Gasteiger partial charge is 0.238 e. The summed E-state index contributed by atoms with van der Waals surface area (Å²) in [5.74, 6) is 0.314. The number of aliphatic hydroxyl groups excluding tert-OH is 1. The molecule has 1 amide bonds. The van der Waals surface area contributed by atoms with Gasteiger partial charge in [0.25, 0.3) is 0 Å². The number of anilines is 1. The van der Waals surface area contributed by atoms with Gasteiger partial charge >= 0.3 is 0 Å². The highest BCUT2D eigenvalue weighted by Gasteiger charge is 2.28. The van der Waals surface area contributed by atoms with Crippen LogP contribution in [0.3, 0.4) is 0 Å². The van der Waals surface area contributed by atoms with E-state index in [-0.39, 0.29) is 25.1 Å². The Kier molecular flexibility index (Phi) is 5.51. The van der Waals surface area contributed by atoms with Crippen LogP contribution in [0.5, 0.6) is 0 Å². The van der Waals surface area contributed by atoms with Crippen LogP contribution in [-0.2, 0) is 11.2 Å². The number of carbonyl (C=O) groups is 1. The van der Waals surface area contributed by atoms with Crippen molar-refractivity contribution >= 4 is 11.6 Å². The largest absolute Gasteiger partial charge is 0.394 e. The fourth-order valence-electron chi connectivity index (χ4n) is 3.60. The summed E-state index contributed by atoms with van der Waals surface area (Å²) in [5, 5.41) is 12.9. The van der Waals surface area contributed by atoms with Crippen LogP contribution in [-0.4, -0.2) is 35.6 Å². The average Bonchev–Trinajstić information content (AvgIpc) is 2.61. The molecule has 0 aromatic heterocycles. The predicted molar refractivity (Wildman–Crippen MR) is 101 cm³/mol. The summed E-state index contributed by atoms with van der Waals surface area (Å²) in [5.41, 5.74) is 4.41. The van der Waals surface area contributed by atoms with E-state index in [0.29, 0.717) is 5.92 Å². The van der Waals surface area contributed by atoms with Crippen LogP contribution in [0.2, 0.25) is 0 Å². The van der Waals surface area contributed by atoms with Gasteiger partial charge in [-0.05, 0) is 35.1 Å². The lowest BCUT2D eigenvalue weighted by Crippen LogP contribution is -2.42. The summed E-state index contributed by atoms with van der Waals surface area (Å²) in [6.07, 6.45) is 0.905. The molecule has 0 spiro atoms. The zero-order chi connectivity index (χ0) is 17.8. The van der Waals surface area contributed by atoms with Crippen LogP contribution in [0, 0.1) is 0 Å². The predicted octanol–water partition coefficient (Wildman–Crippen LogP) is 3.34. The normalized spacial score (nSPS) is 17.4. The lowest BCUT2D eigenvalue weighted by molar-refractivity contribution is -0.118. The van der Waals surface area contributed by atoms with Gasteiger partial charge in [0.2, 0.25) is 5.91 Å². The van der Waals surface area contributed by atoms with Crippen LogP contribution >= 0.6 is 0 Å². The average molecular weight is 338 g/mol. The van der Waals surface area contributed by atoms with Gasteiger partial charge in [0, 0.05) is 12.2 Å². The van der Waals surface area contributed by atoms with Crippen LogP contribution in [0.1, 0.15) is 42.5 Å². The Morgan fingerprint density at radius 1 is 1.20 bits per heavy atom. The number of hydrogen-bond acceptors (Lipinski definition) is 3. The second-order valence-electron chi connectivity index (χ2n) is 6.91. The van der Waals surface area contributed by atoms with Crippen LogP contribution < -0.4 is 5.32 Å². The highest BCUT2D eigenvalue weighted by molar-refractivity contribution is 5.93. The Morgan fingerprint density at radius 2 is 1.92 bits per heavy atom. The highest BCUT2D eigenvalue weighted by atomic mass is 16.3. The molecule has 3 rings (SSSR count). The van der Waals surface area contributed by atoms with E-state index in [1.54, 1.807) is 0 Å². The fourth-order valence-corrected chi connectivity index (χ4v) is 3.60. The molecule has 1 atom stereocenters. The Balaban J connectivity index is 1.71. The van der Waals surface area contributed by atoms with Crippen LogP contribution in [0.15, 0.2) is 48.5 Å². The molecule has 0 radical (unpaired) electrons. The monoisotopic (exact) mass is 338 g/mol. The summed E-state index contributed by atoms with van der Waals surface area (Å²) >= 11 is 0. The lowest BCUT2D eigenvalue weighted by atomic mass is 9.93. The maximum absolute atomic E-state index is 12.6. The summed E-state index contributed by atoms with van der Waals surface area (Å²) in [6.45, 7) is 5.32. The lowest BCUT2D eigenvalue weighted by Gasteiger charge is -2.35. The molecule has 1 heterocycles. The van der Waals surface area contributed by atoms with E-state index in [1.807, 2.05) is 42.5 Å². The molecule has 0 bridgehead atoms. The molecule has 25 heavy (non-hydrogen) atoms. The van der Waals surface area contributed by atoms with E-state index in [0.717, 1.165) is 29.8 Å². The number of para-hydroxylation sites is 1. The Labute approximate surface area is 149 Å². The molecule has 1 aliphatic rings. The third-order valence-corrected chi connectivity index (χ3v) is 4.90. The van der Waals surface area contributed by atoms with Gasteiger partial charge in [-0.1, -0.05) is 56.3 Å². The van der Waals surface area contributed by atoms with Crippen molar-refractivity contribution in [1.29, 1.82) is 0 Å². The maximum atomic E-state index is 12.6. The summed E-state index contributed by atoms with van der Waals surface area (Å²) in [4.78, 5) is 14.7. The minimum absolute atomic E-state index is 0.0207. The second-order valence-corrected chi connectivity index (χ2v) is 6.91. The van der Waals surface area contributed by atoms with E-state index in [9.17, 15) is 9.90 Å². The number of aliphatic hydroxyl groups is 1. The number of nitrogens with one attached hydrogen (secondary N) is 1. The van der Waals surface area contributed by atoms with Gasteiger partial charge in [-0.2, -0.15) is 0 Å². The minimum Gasteiger partial charge on any atom is -0.394 e. The van der Waals surface area contributed by atoms with Crippen LogP contribution in [0.25, 0.3) is 0 Å². The third-order valence-electron chi connectivity index (χ3n) is 4.90.